The lowest BCUT2D eigenvalue weighted by atomic mass is 9.78. The van der Waals surface area contributed by atoms with E-state index >= 15 is 0 Å². The topological polar surface area (TPSA) is 74.2 Å². The zero-order valence-electron chi connectivity index (χ0n) is 12.6. The van der Waals surface area contributed by atoms with Crippen molar-refractivity contribution >= 4 is 17.4 Å². The van der Waals surface area contributed by atoms with Crippen LogP contribution in [-0.4, -0.2) is 34.8 Å². The van der Waals surface area contributed by atoms with Crippen LogP contribution in [0.15, 0.2) is 10.9 Å². The molecule has 3 N–H and O–H groups in total. The van der Waals surface area contributed by atoms with E-state index in [1.807, 2.05) is 12.3 Å². The van der Waals surface area contributed by atoms with Gasteiger partial charge in [0.2, 0.25) is 0 Å². The zero-order valence-corrected chi connectivity index (χ0v) is 13.4. The molecule has 0 radical (unpaired) electrons. The van der Waals surface area contributed by atoms with Crippen molar-refractivity contribution < 1.29 is 9.90 Å². The van der Waals surface area contributed by atoms with E-state index in [1.165, 1.54) is 19.3 Å². The van der Waals surface area contributed by atoms with Gasteiger partial charge in [-0.15, -0.1) is 11.3 Å². The normalized spacial score (nSPS) is 19.0. The molecule has 1 aromatic rings. The number of nitrogens with zero attached hydrogens (tertiary/aromatic N) is 1. The van der Waals surface area contributed by atoms with Crippen molar-refractivity contribution in [2.24, 2.45) is 5.92 Å². The van der Waals surface area contributed by atoms with Gasteiger partial charge in [-0.05, 0) is 25.7 Å². The number of hydrogen-bond acceptors (Lipinski definition) is 4. The maximum absolute atomic E-state index is 11.7. The maximum Gasteiger partial charge on any atom is 0.314 e. The van der Waals surface area contributed by atoms with Gasteiger partial charge < -0.3 is 15.7 Å². The Bertz CT molecular complexity index is 428. The predicted molar refractivity (Wildman–Crippen MR) is 84.4 cm³/mol. The fraction of sp³-hybridized carbons (Fsp3) is 0.733. The molecule has 0 bridgehead atoms. The second-order valence-corrected chi connectivity index (χ2v) is 6.75. The molecule has 21 heavy (non-hydrogen) atoms. The van der Waals surface area contributed by atoms with Gasteiger partial charge in [0.05, 0.1) is 16.8 Å². The first-order valence-corrected chi connectivity index (χ1v) is 8.63. The van der Waals surface area contributed by atoms with Crippen LogP contribution in [0.3, 0.4) is 0 Å². The van der Waals surface area contributed by atoms with Crippen molar-refractivity contribution in [3.05, 3.63) is 16.6 Å². The van der Waals surface area contributed by atoms with E-state index < -0.39 is 5.60 Å². The summed E-state index contributed by atoms with van der Waals surface area (Å²) >= 11 is 1.56. The molecule has 1 saturated carbocycles. The minimum absolute atomic E-state index is 0.221. The first-order valence-electron chi connectivity index (χ1n) is 7.69. The smallest absolute Gasteiger partial charge is 0.314 e. The summed E-state index contributed by atoms with van der Waals surface area (Å²) in [7, 11) is 0. The van der Waals surface area contributed by atoms with E-state index in [0.29, 0.717) is 19.0 Å². The van der Waals surface area contributed by atoms with Gasteiger partial charge in [0.25, 0.3) is 0 Å². The average molecular weight is 311 g/mol. The van der Waals surface area contributed by atoms with Gasteiger partial charge in [-0.1, -0.05) is 19.3 Å². The third-order valence-electron chi connectivity index (χ3n) is 4.24. The van der Waals surface area contributed by atoms with Crippen molar-refractivity contribution in [2.45, 2.75) is 51.0 Å². The molecule has 0 aromatic carbocycles. The van der Waals surface area contributed by atoms with Crippen LogP contribution in [0.5, 0.6) is 0 Å². The molecule has 6 heteroatoms. The molecular formula is C15H25N3O2S. The van der Waals surface area contributed by atoms with Crippen LogP contribution >= 0.6 is 11.3 Å². The van der Waals surface area contributed by atoms with Crippen molar-refractivity contribution in [1.82, 2.24) is 15.6 Å². The first kappa shape index (κ1) is 16.2. The van der Waals surface area contributed by atoms with Crippen LogP contribution in [0, 0.1) is 5.92 Å². The van der Waals surface area contributed by atoms with E-state index in [-0.39, 0.29) is 6.03 Å². The third-order valence-corrected chi connectivity index (χ3v) is 4.88. The molecule has 118 valence electrons. The van der Waals surface area contributed by atoms with Gasteiger partial charge in [0, 0.05) is 24.9 Å². The molecule has 1 aliphatic rings. The number of amides is 2. The molecule has 1 aliphatic carbocycles. The van der Waals surface area contributed by atoms with Crippen LogP contribution in [0.2, 0.25) is 0 Å². The van der Waals surface area contributed by atoms with Crippen molar-refractivity contribution in [3.8, 4) is 0 Å². The molecule has 0 spiro atoms. The number of rotatable bonds is 6. The molecule has 2 rings (SSSR count). The number of carbonyl (C=O) groups excluding carboxylic acids is 1. The Balaban J connectivity index is 1.65. The van der Waals surface area contributed by atoms with Gasteiger partial charge in [0.1, 0.15) is 0 Å². The van der Waals surface area contributed by atoms with Crippen LogP contribution in [0.4, 0.5) is 4.79 Å². The number of carbonyl (C=O) groups is 1. The summed E-state index contributed by atoms with van der Waals surface area (Å²) in [4.78, 5) is 15.9. The summed E-state index contributed by atoms with van der Waals surface area (Å²) in [5.41, 5.74) is 1.97. The van der Waals surface area contributed by atoms with Crippen LogP contribution in [-0.2, 0) is 6.42 Å². The summed E-state index contributed by atoms with van der Waals surface area (Å²) in [6.07, 6.45) is 6.47. The second-order valence-electron chi connectivity index (χ2n) is 6.03. The highest BCUT2D eigenvalue weighted by Crippen LogP contribution is 2.32. The summed E-state index contributed by atoms with van der Waals surface area (Å²) < 4.78 is 0. The minimum Gasteiger partial charge on any atom is -0.388 e. The third kappa shape index (κ3) is 5.28. The SMILES string of the molecule is CC(O)(CNC(=O)NCCc1cscn1)C1CCCCC1. The molecule has 1 fully saturated rings. The van der Waals surface area contributed by atoms with E-state index in [4.69, 9.17) is 0 Å². The molecule has 0 aliphatic heterocycles. The fourth-order valence-electron chi connectivity index (χ4n) is 2.86. The quantitative estimate of drug-likeness (QED) is 0.755. The molecule has 1 aromatic heterocycles. The standard InChI is InChI=1S/C15H25N3O2S/c1-15(20,12-5-3-2-4-6-12)10-17-14(19)16-8-7-13-9-21-11-18-13/h9,11-12,20H,2-8,10H2,1H3,(H2,16,17,19). The van der Waals surface area contributed by atoms with Crippen molar-refractivity contribution in [1.29, 1.82) is 0 Å². The summed E-state index contributed by atoms with van der Waals surface area (Å²) in [5.74, 6) is 0.293. The second kappa shape index (κ2) is 7.75. The molecule has 0 saturated heterocycles. The van der Waals surface area contributed by atoms with Gasteiger partial charge in [-0.25, -0.2) is 9.78 Å². The van der Waals surface area contributed by atoms with Crippen molar-refractivity contribution in [3.63, 3.8) is 0 Å². The Morgan fingerprint density at radius 1 is 1.43 bits per heavy atom. The highest BCUT2D eigenvalue weighted by atomic mass is 32.1. The maximum atomic E-state index is 11.7. The largest absolute Gasteiger partial charge is 0.388 e. The van der Waals surface area contributed by atoms with Crippen LogP contribution in [0.1, 0.15) is 44.7 Å². The minimum atomic E-state index is -0.813. The van der Waals surface area contributed by atoms with Gasteiger partial charge >= 0.3 is 6.03 Å². The Labute approximate surface area is 130 Å². The monoisotopic (exact) mass is 311 g/mol. The molecule has 1 unspecified atom stereocenters. The molecule has 1 atom stereocenters. The zero-order chi connectivity index (χ0) is 15.1. The Kier molecular flexibility index (Phi) is 5.99. The fourth-order valence-corrected chi connectivity index (χ4v) is 3.45. The van der Waals surface area contributed by atoms with Gasteiger partial charge in [0.15, 0.2) is 0 Å². The molecular weight excluding hydrogens is 286 g/mol. The van der Waals surface area contributed by atoms with Crippen LogP contribution in [0.25, 0.3) is 0 Å². The molecule has 2 amide bonds. The molecule has 5 nitrogen and oxygen atoms in total. The lowest BCUT2D eigenvalue weighted by molar-refractivity contribution is -0.0130. The number of urea groups is 1. The van der Waals surface area contributed by atoms with Crippen LogP contribution < -0.4 is 10.6 Å². The average Bonchev–Trinajstić information content (AvgIpc) is 2.99. The van der Waals surface area contributed by atoms with Gasteiger partial charge in [-0.2, -0.15) is 0 Å². The Morgan fingerprint density at radius 3 is 2.86 bits per heavy atom. The van der Waals surface area contributed by atoms with Crippen molar-refractivity contribution in [2.75, 3.05) is 13.1 Å². The lowest BCUT2D eigenvalue weighted by Gasteiger charge is -2.35. The number of nitrogens with one attached hydrogen (secondary N) is 2. The Hall–Kier alpha value is -1.14. The van der Waals surface area contributed by atoms with Gasteiger partial charge in [-0.3, -0.25) is 0 Å². The summed E-state index contributed by atoms with van der Waals surface area (Å²) in [6, 6.07) is -0.221. The van der Waals surface area contributed by atoms with E-state index in [9.17, 15) is 9.90 Å². The molecule has 1 heterocycles. The number of thiazole rings is 1. The highest BCUT2D eigenvalue weighted by Gasteiger charge is 2.32. The summed E-state index contributed by atoms with van der Waals surface area (Å²) in [5, 5.41) is 18.1. The number of aliphatic hydroxyl groups is 1. The lowest BCUT2D eigenvalue weighted by Crippen LogP contribution is -2.49. The van der Waals surface area contributed by atoms with E-state index in [0.717, 1.165) is 25.0 Å². The summed E-state index contributed by atoms with van der Waals surface area (Å²) in [6.45, 7) is 2.69. The number of aromatic nitrogens is 1. The predicted octanol–water partition coefficient (Wildman–Crippen LogP) is 2.32. The highest BCUT2D eigenvalue weighted by molar-refractivity contribution is 7.07. The first-order chi connectivity index (χ1) is 10.1. The number of hydrogen-bond donors (Lipinski definition) is 3. The van der Waals surface area contributed by atoms with E-state index in [1.54, 1.807) is 16.8 Å². The Morgan fingerprint density at radius 2 is 2.19 bits per heavy atom. The van der Waals surface area contributed by atoms with E-state index in [2.05, 4.69) is 15.6 Å².